The van der Waals surface area contributed by atoms with Crippen LogP contribution in [-0.2, 0) is 6.54 Å². The minimum atomic E-state index is -0.425. The van der Waals surface area contributed by atoms with Gasteiger partial charge in [0, 0.05) is 36.5 Å². The maximum absolute atomic E-state index is 9.60. The fourth-order valence-corrected chi connectivity index (χ4v) is 4.77. The first-order valence-corrected chi connectivity index (χ1v) is 10.5. The molecule has 6 nitrogen and oxygen atoms in total. The molecular formula is C23H27N5O. The zero-order valence-corrected chi connectivity index (χ0v) is 17.0. The Bertz CT molecular complexity index is 1040. The van der Waals surface area contributed by atoms with Gasteiger partial charge in [-0.05, 0) is 63.3 Å². The Balaban J connectivity index is 1.64. The second-order valence-electron chi connectivity index (χ2n) is 8.48. The maximum atomic E-state index is 9.60. The highest BCUT2D eigenvalue weighted by molar-refractivity contribution is 5.78. The normalized spacial score (nSPS) is 21.1. The number of nitrogens with zero attached hydrogens (tertiary/aromatic N) is 4. The van der Waals surface area contributed by atoms with Crippen molar-refractivity contribution in [2.75, 3.05) is 11.9 Å². The van der Waals surface area contributed by atoms with Crippen molar-refractivity contribution in [1.29, 1.82) is 0 Å². The molecule has 0 aromatic carbocycles. The van der Waals surface area contributed by atoms with Crippen molar-refractivity contribution in [3.8, 4) is 22.6 Å². The average molecular weight is 390 g/mol. The first-order chi connectivity index (χ1) is 14.1. The molecule has 0 amide bonds. The van der Waals surface area contributed by atoms with Gasteiger partial charge in [0.05, 0.1) is 17.5 Å². The summed E-state index contributed by atoms with van der Waals surface area (Å²) in [7, 11) is 0. The van der Waals surface area contributed by atoms with Crippen molar-refractivity contribution < 1.29 is 5.11 Å². The predicted octanol–water partition coefficient (Wildman–Crippen LogP) is 4.01. The van der Waals surface area contributed by atoms with Crippen LogP contribution in [0.5, 0.6) is 0 Å². The number of aliphatic hydroxyl groups excluding tert-OH is 1. The number of pyridine rings is 2. The van der Waals surface area contributed by atoms with Gasteiger partial charge in [-0.2, -0.15) is 0 Å². The molecule has 2 bridgehead atoms. The highest BCUT2D eigenvalue weighted by Crippen LogP contribution is 2.47. The summed E-state index contributed by atoms with van der Waals surface area (Å²) in [5.41, 5.74) is 5.11. The fraction of sp³-hybridized carbons (Fsp3) is 0.435. The fourth-order valence-electron chi connectivity index (χ4n) is 4.77. The van der Waals surface area contributed by atoms with Crippen LogP contribution in [0.3, 0.4) is 0 Å². The zero-order chi connectivity index (χ0) is 20.0. The van der Waals surface area contributed by atoms with E-state index in [1.54, 1.807) is 6.92 Å². The minimum Gasteiger partial charge on any atom is -0.392 e. The van der Waals surface area contributed by atoms with Crippen LogP contribution in [-0.4, -0.2) is 37.3 Å². The van der Waals surface area contributed by atoms with E-state index in [9.17, 15) is 5.11 Å². The molecule has 6 heteroatoms. The van der Waals surface area contributed by atoms with Gasteiger partial charge < -0.3 is 15.0 Å². The molecule has 3 atom stereocenters. The minimum absolute atomic E-state index is 0.425. The van der Waals surface area contributed by atoms with E-state index >= 15 is 0 Å². The zero-order valence-electron chi connectivity index (χ0n) is 17.0. The molecule has 4 heterocycles. The molecule has 0 spiro atoms. The largest absolute Gasteiger partial charge is 0.392 e. The van der Waals surface area contributed by atoms with E-state index in [1.807, 2.05) is 31.3 Å². The number of aryl methyl sites for hydroxylation is 1. The van der Waals surface area contributed by atoms with Crippen LogP contribution in [0, 0.1) is 12.8 Å². The number of rotatable bonds is 5. The molecule has 1 fully saturated rings. The highest BCUT2D eigenvalue weighted by Gasteiger charge is 2.37. The Labute approximate surface area is 171 Å². The van der Waals surface area contributed by atoms with Crippen molar-refractivity contribution in [3.63, 3.8) is 0 Å². The molecule has 1 aliphatic carbocycles. The number of imidazole rings is 1. The van der Waals surface area contributed by atoms with E-state index in [0.717, 1.165) is 46.6 Å². The van der Waals surface area contributed by atoms with Crippen LogP contribution in [0.25, 0.3) is 22.6 Å². The molecule has 5 rings (SSSR count). The number of nitrogens with one attached hydrogen (secondary N) is 1. The third-order valence-corrected chi connectivity index (χ3v) is 6.09. The van der Waals surface area contributed by atoms with Gasteiger partial charge in [-0.25, -0.2) is 9.97 Å². The number of anilines is 1. The molecule has 150 valence electrons. The smallest absolute Gasteiger partial charge is 0.126 e. The summed E-state index contributed by atoms with van der Waals surface area (Å²) in [6, 6.07) is 10.2. The Hall–Kier alpha value is -2.73. The van der Waals surface area contributed by atoms with Crippen LogP contribution in [0.2, 0.25) is 0 Å². The Kier molecular flexibility index (Phi) is 4.59. The molecule has 29 heavy (non-hydrogen) atoms. The Morgan fingerprint density at radius 3 is 2.97 bits per heavy atom. The molecule has 0 radical (unpaired) electrons. The van der Waals surface area contributed by atoms with Crippen molar-refractivity contribution >= 4 is 5.82 Å². The van der Waals surface area contributed by atoms with Crippen molar-refractivity contribution in [3.05, 3.63) is 48.0 Å². The van der Waals surface area contributed by atoms with Gasteiger partial charge in [0.15, 0.2) is 0 Å². The highest BCUT2D eigenvalue weighted by atomic mass is 16.3. The van der Waals surface area contributed by atoms with E-state index in [1.165, 1.54) is 25.1 Å². The summed E-state index contributed by atoms with van der Waals surface area (Å²) in [5, 5.41) is 12.8. The summed E-state index contributed by atoms with van der Waals surface area (Å²) in [6.07, 6.45) is 5.19. The lowest BCUT2D eigenvalue weighted by Gasteiger charge is -2.23. The SMILES string of the molecule is Cc1cccc(-c2nc3n(c2-c2ccnc(NC[C@H](C)O)c2)CC2CC[C@@H]3C2)n1. The molecule has 1 unspecified atom stereocenters. The van der Waals surface area contributed by atoms with E-state index in [2.05, 4.69) is 27.0 Å². The average Bonchev–Trinajstić information content (AvgIpc) is 3.29. The van der Waals surface area contributed by atoms with Crippen molar-refractivity contribution in [1.82, 2.24) is 19.5 Å². The molecule has 2 aliphatic rings. The lowest BCUT2D eigenvalue weighted by molar-refractivity contribution is 0.208. The third-order valence-electron chi connectivity index (χ3n) is 6.09. The van der Waals surface area contributed by atoms with Crippen LogP contribution >= 0.6 is 0 Å². The van der Waals surface area contributed by atoms with Gasteiger partial charge in [-0.3, -0.25) is 4.98 Å². The molecule has 3 aromatic rings. The third kappa shape index (κ3) is 3.42. The molecule has 3 aromatic heterocycles. The van der Waals surface area contributed by atoms with E-state index in [0.29, 0.717) is 12.5 Å². The molecule has 0 saturated heterocycles. The summed E-state index contributed by atoms with van der Waals surface area (Å²) in [6.45, 7) is 5.28. The van der Waals surface area contributed by atoms with Crippen LogP contribution in [0.1, 0.15) is 43.6 Å². The molecule has 1 aliphatic heterocycles. The van der Waals surface area contributed by atoms with Crippen LogP contribution in [0.4, 0.5) is 5.82 Å². The standard InChI is InChI=1S/C23H27N5O/c1-14-4-3-5-19(26-14)21-22(17-8-9-24-20(11-17)25-12-15(2)29)28-13-16-6-7-18(10-16)23(28)27-21/h3-5,8-9,11,15-16,18,29H,6-7,10,12-13H2,1-2H3,(H,24,25)/t15-,16?,18+/m0/s1. The van der Waals surface area contributed by atoms with Gasteiger partial charge in [0.25, 0.3) is 0 Å². The summed E-state index contributed by atoms with van der Waals surface area (Å²) < 4.78 is 2.43. The van der Waals surface area contributed by atoms with Gasteiger partial charge in [-0.1, -0.05) is 6.07 Å². The summed E-state index contributed by atoms with van der Waals surface area (Å²) in [5.74, 6) is 3.28. The first-order valence-electron chi connectivity index (χ1n) is 10.5. The second-order valence-corrected chi connectivity index (χ2v) is 8.48. The van der Waals surface area contributed by atoms with Crippen molar-refractivity contribution in [2.45, 2.75) is 51.7 Å². The van der Waals surface area contributed by atoms with E-state index in [4.69, 9.17) is 9.97 Å². The maximum Gasteiger partial charge on any atom is 0.126 e. The van der Waals surface area contributed by atoms with Crippen molar-refractivity contribution in [2.24, 2.45) is 5.92 Å². The molecule has 1 saturated carbocycles. The van der Waals surface area contributed by atoms with E-state index < -0.39 is 6.10 Å². The van der Waals surface area contributed by atoms with Gasteiger partial charge in [0.2, 0.25) is 0 Å². The first kappa shape index (κ1) is 18.3. The number of hydrogen-bond acceptors (Lipinski definition) is 5. The Morgan fingerprint density at radius 1 is 1.24 bits per heavy atom. The lowest BCUT2D eigenvalue weighted by Crippen LogP contribution is -2.18. The van der Waals surface area contributed by atoms with Gasteiger partial charge >= 0.3 is 0 Å². The number of aliphatic hydroxyl groups is 1. The van der Waals surface area contributed by atoms with Gasteiger partial charge in [-0.15, -0.1) is 0 Å². The number of hydrogen-bond donors (Lipinski definition) is 2. The Morgan fingerprint density at radius 2 is 2.14 bits per heavy atom. The predicted molar refractivity (Wildman–Crippen MR) is 114 cm³/mol. The monoisotopic (exact) mass is 389 g/mol. The summed E-state index contributed by atoms with van der Waals surface area (Å²) in [4.78, 5) is 14.3. The molecular weight excluding hydrogens is 362 g/mol. The number of aromatic nitrogens is 4. The van der Waals surface area contributed by atoms with Gasteiger partial charge in [0.1, 0.15) is 17.3 Å². The molecule has 2 N–H and O–H groups in total. The number of fused-ring (bicyclic) bond motifs is 4. The van der Waals surface area contributed by atoms with Crippen LogP contribution in [0.15, 0.2) is 36.5 Å². The topological polar surface area (TPSA) is 75.9 Å². The van der Waals surface area contributed by atoms with E-state index in [-0.39, 0.29) is 0 Å². The second kappa shape index (κ2) is 7.26. The summed E-state index contributed by atoms with van der Waals surface area (Å²) >= 11 is 0. The quantitative estimate of drug-likeness (QED) is 0.690. The lowest BCUT2D eigenvalue weighted by atomic mass is 9.99. The van der Waals surface area contributed by atoms with Crippen LogP contribution < -0.4 is 5.32 Å².